The lowest BCUT2D eigenvalue weighted by Gasteiger charge is -1.98. The van der Waals surface area contributed by atoms with E-state index >= 15 is 0 Å². The summed E-state index contributed by atoms with van der Waals surface area (Å²) in [5.74, 6) is 0. The number of pyridine rings is 1. The van der Waals surface area contributed by atoms with Gasteiger partial charge in [0.25, 0.3) is 0 Å². The lowest BCUT2D eigenvalue weighted by Crippen LogP contribution is -2.33. The first-order valence-corrected chi connectivity index (χ1v) is 5.73. The van der Waals surface area contributed by atoms with E-state index < -0.39 is 0 Å². The number of nitrogens with zero attached hydrogens (tertiary/aromatic N) is 1. The first-order chi connectivity index (χ1) is 7.24. The topological polar surface area (TPSA) is 3.88 Å². The van der Waals surface area contributed by atoms with Crippen molar-refractivity contribution >= 4 is 15.9 Å². The van der Waals surface area contributed by atoms with Crippen LogP contribution in [0.3, 0.4) is 0 Å². The van der Waals surface area contributed by atoms with Gasteiger partial charge in [0.05, 0.1) is 0 Å². The molecule has 0 aliphatic carbocycles. The highest BCUT2D eigenvalue weighted by Crippen LogP contribution is 2.10. The molecular weight excluding hydrogens is 250 g/mol. The molecule has 0 radical (unpaired) electrons. The predicted octanol–water partition coefficient (Wildman–Crippen LogP) is 3.09. The van der Waals surface area contributed by atoms with Gasteiger partial charge in [0.1, 0.15) is 0 Å². The molecule has 0 N–H and O–H groups in total. The Morgan fingerprint density at radius 1 is 1.13 bits per heavy atom. The fourth-order valence-corrected chi connectivity index (χ4v) is 1.82. The van der Waals surface area contributed by atoms with Crippen LogP contribution in [0, 0.1) is 6.92 Å². The highest BCUT2D eigenvalue weighted by atomic mass is 79.9. The Bertz CT molecular complexity index is 448. The van der Waals surface area contributed by atoms with Crippen molar-refractivity contribution in [2.45, 2.75) is 13.5 Å². The molecule has 0 saturated heterocycles. The number of benzene rings is 1. The zero-order valence-corrected chi connectivity index (χ0v) is 10.2. The Kier molecular flexibility index (Phi) is 3.17. The van der Waals surface area contributed by atoms with Crippen LogP contribution in [0.2, 0.25) is 0 Å². The van der Waals surface area contributed by atoms with Gasteiger partial charge in [0.2, 0.25) is 0 Å². The molecule has 0 bridgehead atoms. The van der Waals surface area contributed by atoms with Crippen LogP contribution in [0.5, 0.6) is 0 Å². The van der Waals surface area contributed by atoms with Crippen molar-refractivity contribution in [2.24, 2.45) is 0 Å². The maximum absolute atomic E-state index is 3.44. The van der Waals surface area contributed by atoms with Crippen LogP contribution in [0.4, 0.5) is 0 Å². The van der Waals surface area contributed by atoms with Crippen molar-refractivity contribution in [1.29, 1.82) is 0 Å². The molecule has 1 nitrogen and oxygen atoms in total. The number of aryl methyl sites for hydroxylation is 1. The molecule has 0 fully saturated rings. The second-order valence-corrected chi connectivity index (χ2v) is 4.60. The fraction of sp³-hybridized carbons (Fsp3) is 0.154. The number of halogens is 1. The molecule has 0 amide bonds. The molecule has 15 heavy (non-hydrogen) atoms. The maximum atomic E-state index is 3.44. The molecule has 2 heteroatoms. The summed E-state index contributed by atoms with van der Waals surface area (Å²) in [6.07, 6.45) is 4.25. The molecule has 2 aromatic rings. The molecule has 0 aliphatic heterocycles. The average molecular weight is 263 g/mol. The van der Waals surface area contributed by atoms with E-state index in [4.69, 9.17) is 0 Å². The van der Waals surface area contributed by atoms with E-state index in [9.17, 15) is 0 Å². The normalized spacial score (nSPS) is 10.3. The summed E-state index contributed by atoms with van der Waals surface area (Å²) in [5, 5.41) is 0. The van der Waals surface area contributed by atoms with Gasteiger partial charge in [-0.1, -0.05) is 28.1 Å². The molecule has 1 aromatic heterocycles. The van der Waals surface area contributed by atoms with Gasteiger partial charge >= 0.3 is 0 Å². The summed E-state index contributed by atoms with van der Waals surface area (Å²) in [6.45, 7) is 3.03. The average Bonchev–Trinajstić information content (AvgIpc) is 2.22. The summed E-state index contributed by atoms with van der Waals surface area (Å²) in [4.78, 5) is 0. The van der Waals surface area contributed by atoms with Crippen molar-refractivity contribution in [3.63, 3.8) is 0 Å². The van der Waals surface area contributed by atoms with Crippen molar-refractivity contribution in [2.75, 3.05) is 0 Å². The fourth-order valence-electron chi connectivity index (χ4n) is 1.55. The molecule has 76 valence electrons. The summed E-state index contributed by atoms with van der Waals surface area (Å²) in [5.41, 5.74) is 2.60. The molecule has 0 saturated carbocycles. The van der Waals surface area contributed by atoms with Gasteiger partial charge in [-0.25, -0.2) is 4.57 Å². The summed E-state index contributed by atoms with van der Waals surface area (Å²) < 4.78 is 3.32. The molecule has 0 aliphatic rings. The number of aromatic nitrogens is 1. The summed E-state index contributed by atoms with van der Waals surface area (Å²) in [7, 11) is 0. The minimum Gasteiger partial charge on any atom is -0.201 e. The molecule has 0 spiro atoms. The largest absolute Gasteiger partial charge is 0.201 e. The van der Waals surface area contributed by atoms with Crippen molar-refractivity contribution in [3.8, 4) is 0 Å². The summed E-state index contributed by atoms with van der Waals surface area (Å²) >= 11 is 3.44. The van der Waals surface area contributed by atoms with E-state index in [1.807, 2.05) is 0 Å². The van der Waals surface area contributed by atoms with Gasteiger partial charge in [0.15, 0.2) is 18.9 Å². The molecule has 0 unspecified atom stereocenters. The van der Waals surface area contributed by atoms with Crippen molar-refractivity contribution in [1.82, 2.24) is 0 Å². The van der Waals surface area contributed by atoms with Crippen LogP contribution in [0.25, 0.3) is 0 Å². The lowest BCUT2D eigenvalue weighted by atomic mass is 10.2. The van der Waals surface area contributed by atoms with Crippen LogP contribution < -0.4 is 4.57 Å². The van der Waals surface area contributed by atoms with Crippen molar-refractivity contribution in [3.05, 3.63) is 64.4 Å². The SMILES string of the molecule is Cc1ccc[n+](Cc2ccc(Br)cc2)c1. The molecule has 1 aromatic carbocycles. The van der Waals surface area contributed by atoms with E-state index in [0.717, 1.165) is 11.0 Å². The van der Waals surface area contributed by atoms with Gasteiger partial charge in [-0.05, 0) is 25.1 Å². The zero-order valence-electron chi connectivity index (χ0n) is 8.65. The molecule has 0 atom stereocenters. The number of hydrogen-bond donors (Lipinski definition) is 0. The monoisotopic (exact) mass is 262 g/mol. The van der Waals surface area contributed by atoms with Crippen molar-refractivity contribution < 1.29 is 4.57 Å². The zero-order chi connectivity index (χ0) is 10.7. The van der Waals surface area contributed by atoms with Crippen LogP contribution in [0.15, 0.2) is 53.3 Å². The van der Waals surface area contributed by atoms with E-state index in [-0.39, 0.29) is 0 Å². The van der Waals surface area contributed by atoms with E-state index in [1.54, 1.807) is 0 Å². The van der Waals surface area contributed by atoms with E-state index in [2.05, 4.69) is 76.2 Å². The van der Waals surface area contributed by atoms with Gasteiger partial charge in [-0.3, -0.25) is 0 Å². The van der Waals surface area contributed by atoms with Gasteiger partial charge < -0.3 is 0 Å². The minimum atomic E-state index is 0.926. The third kappa shape index (κ3) is 2.90. The van der Waals surface area contributed by atoms with Crippen LogP contribution >= 0.6 is 15.9 Å². The minimum absolute atomic E-state index is 0.926. The Morgan fingerprint density at radius 3 is 2.53 bits per heavy atom. The standard InChI is InChI=1S/C13H13BrN/c1-11-3-2-8-15(9-11)10-12-4-6-13(14)7-5-12/h2-9H,10H2,1H3/q+1. The Labute approximate surface area is 98.5 Å². The first-order valence-electron chi connectivity index (χ1n) is 4.94. The second kappa shape index (κ2) is 4.58. The van der Waals surface area contributed by atoms with Gasteiger partial charge in [-0.2, -0.15) is 0 Å². The van der Waals surface area contributed by atoms with E-state index in [0.29, 0.717) is 0 Å². The highest BCUT2D eigenvalue weighted by Gasteiger charge is 2.01. The molecule has 1 heterocycles. The van der Waals surface area contributed by atoms with Gasteiger partial charge in [-0.15, -0.1) is 0 Å². The molecule has 2 rings (SSSR count). The predicted molar refractivity (Wildman–Crippen MR) is 64.6 cm³/mol. The smallest absolute Gasteiger partial charge is 0.173 e. The Balaban J connectivity index is 2.18. The lowest BCUT2D eigenvalue weighted by molar-refractivity contribution is -0.688. The third-order valence-electron chi connectivity index (χ3n) is 2.28. The number of rotatable bonds is 2. The van der Waals surface area contributed by atoms with E-state index in [1.165, 1.54) is 11.1 Å². The number of hydrogen-bond acceptors (Lipinski definition) is 0. The summed E-state index contributed by atoms with van der Waals surface area (Å²) in [6, 6.07) is 12.6. The first kappa shape index (κ1) is 10.4. The molecular formula is C13H13BrN+. The second-order valence-electron chi connectivity index (χ2n) is 3.68. The quantitative estimate of drug-likeness (QED) is 0.733. The van der Waals surface area contributed by atoms with Crippen LogP contribution in [-0.4, -0.2) is 0 Å². The Morgan fingerprint density at radius 2 is 1.87 bits per heavy atom. The highest BCUT2D eigenvalue weighted by molar-refractivity contribution is 9.10. The van der Waals surface area contributed by atoms with Gasteiger partial charge in [0, 0.05) is 21.7 Å². The van der Waals surface area contributed by atoms with Crippen LogP contribution in [0.1, 0.15) is 11.1 Å². The third-order valence-corrected chi connectivity index (χ3v) is 2.81. The Hall–Kier alpha value is -1.15. The van der Waals surface area contributed by atoms with Crippen LogP contribution in [-0.2, 0) is 6.54 Å². The maximum Gasteiger partial charge on any atom is 0.173 e.